The molecule has 0 aromatic heterocycles. The Hall–Kier alpha value is -1.89. The molecular weight excluding hydrogens is 233 g/mol. The van der Waals surface area contributed by atoms with Crippen LogP contribution in [0, 0.1) is 29.5 Å². The second-order valence-corrected chi connectivity index (χ2v) is 4.41. The van der Waals surface area contributed by atoms with Gasteiger partial charge in [-0.2, -0.15) is 5.26 Å². The third-order valence-corrected chi connectivity index (χ3v) is 2.83. The van der Waals surface area contributed by atoms with Gasteiger partial charge >= 0.3 is 5.97 Å². The Bertz CT molecular complexity index is 493. The summed E-state index contributed by atoms with van der Waals surface area (Å²) in [5.41, 5.74) is 0.212. The molecule has 0 heterocycles. The molecule has 4 heteroatoms. The SMILES string of the molecule is CCOC(=O)C(C)(C#N)Cc1cc(F)ccc1C. The minimum absolute atomic E-state index is 0.145. The van der Waals surface area contributed by atoms with E-state index in [1.54, 1.807) is 13.0 Å². The first-order valence-corrected chi connectivity index (χ1v) is 5.76. The quantitative estimate of drug-likeness (QED) is 0.771. The smallest absolute Gasteiger partial charge is 0.326 e. The lowest BCUT2D eigenvalue weighted by molar-refractivity contribution is -0.151. The van der Waals surface area contributed by atoms with Gasteiger partial charge in [-0.05, 0) is 44.0 Å². The molecular formula is C14H16FNO2. The van der Waals surface area contributed by atoms with Crippen molar-refractivity contribution in [1.29, 1.82) is 5.26 Å². The lowest BCUT2D eigenvalue weighted by atomic mass is 9.84. The van der Waals surface area contributed by atoms with Crippen LogP contribution >= 0.6 is 0 Å². The standard InChI is InChI=1S/C14H16FNO2/c1-4-18-13(17)14(3,9-16)8-11-7-12(15)6-5-10(11)2/h5-7H,4,8H2,1-3H3. The van der Waals surface area contributed by atoms with Gasteiger partial charge in [0.15, 0.2) is 5.41 Å². The largest absolute Gasteiger partial charge is 0.465 e. The molecule has 0 aliphatic rings. The van der Waals surface area contributed by atoms with Crippen LogP contribution in [0.3, 0.4) is 0 Å². The zero-order valence-corrected chi connectivity index (χ0v) is 10.8. The average Bonchev–Trinajstić information content (AvgIpc) is 2.34. The van der Waals surface area contributed by atoms with E-state index in [1.165, 1.54) is 19.1 Å². The molecule has 0 N–H and O–H groups in total. The van der Waals surface area contributed by atoms with Gasteiger partial charge in [-0.25, -0.2) is 4.39 Å². The fourth-order valence-electron chi connectivity index (χ4n) is 1.66. The van der Waals surface area contributed by atoms with Crippen molar-refractivity contribution in [2.45, 2.75) is 27.2 Å². The summed E-state index contributed by atoms with van der Waals surface area (Å²) in [6.07, 6.45) is 0.145. The van der Waals surface area contributed by atoms with Crippen molar-refractivity contribution in [3.05, 3.63) is 35.1 Å². The molecule has 1 rings (SSSR count). The summed E-state index contributed by atoms with van der Waals surface area (Å²) in [6.45, 7) is 5.23. The number of benzene rings is 1. The van der Waals surface area contributed by atoms with Crippen LogP contribution in [0.15, 0.2) is 18.2 Å². The van der Waals surface area contributed by atoms with E-state index in [2.05, 4.69) is 0 Å². The van der Waals surface area contributed by atoms with Crippen LogP contribution in [0.5, 0.6) is 0 Å². The molecule has 96 valence electrons. The predicted octanol–water partition coefficient (Wildman–Crippen LogP) is 2.77. The summed E-state index contributed by atoms with van der Waals surface area (Å²) in [4.78, 5) is 11.8. The van der Waals surface area contributed by atoms with E-state index in [0.717, 1.165) is 5.56 Å². The van der Waals surface area contributed by atoms with E-state index in [9.17, 15) is 9.18 Å². The first kappa shape index (κ1) is 14.2. The minimum Gasteiger partial charge on any atom is -0.465 e. The first-order valence-electron chi connectivity index (χ1n) is 5.76. The van der Waals surface area contributed by atoms with Gasteiger partial charge in [0, 0.05) is 6.42 Å². The molecule has 3 nitrogen and oxygen atoms in total. The van der Waals surface area contributed by atoms with Crippen molar-refractivity contribution in [1.82, 2.24) is 0 Å². The Morgan fingerprint density at radius 3 is 2.78 bits per heavy atom. The van der Waals surface area contributed by atoms with Crippen molar-refractivity contribution in [2.24, 2.45) is 5.41 Å². The maximum Gasteiger partial charge on any atom is 0.326 e. The lowest BCUT2D eigenvalue weighted by Crippen LogP contribution is -2.31. The molecule has 1 aromatic rings. The fourth-order valence-corrected chi connectivity index (χ4v) is 1.66. The number of nitriles is 1. The minimum atomic E-state index is -1.28. The molecule has 0 amide bonds. The monoisotopic (exact) mass is 249 g/mol. The molecule has 0 spiro atoms. The second-order valence-electron chi connectivity index (χ2n) is 4.41. The first-order chi connectivity index (χ1) is 8.42. The van der Waals surface area contributed by atoms with Gasteiger partial charge in [0.05, 0.1) is 12.7 Å². The fraction of sp³-hybridized carbons (Fsp3) is 0.429. The summed E-state index contributed by atoms with van der Waals surface area (Å²) >= 11 is 0. The van der Waals surface area contributed by atoms with E-state index in [-0.39, 0.29) is 18.8 Å². The van der Waals surface area contributed by atoms with Crippen LogP contribution < -0.4 is 0 Å². The van der Waals surface area contributed by atoms with Gasteiger partial charge in [-0.15, -0.1) is 0 Å². The number of esters is 1. The Morgan fingerprint density at radius 1 is 1.56 bits per heavy atom. The number of aryl methyl sites for hydroxylation is 1. The van der Waals surface area contributed by atoms with Gasteiger partial charge in [0.25, 0.3) is 0 Å². The van der Waals surface area contributed by atoms with Gasteiger partial charge in [0.1, 0.15) is 5.82 Å². The third-order valence-electron chi connectivity index (χ3n) is 2.83. The highest BCUT2D eigenvalue weighted by Gasteiger charge is 2.35. The molecule has 0 saturated carbocycles. The van der Waals surface area contributed by atoms with Crippen LogP contribution in [-0.2, 0) is 16.0 Å². The lowest BCUT2D eigenvalue weighted by Gasteiger charge is -2.20. The second kappa shape index (κ2) is 5.63. The maximum absolute atomic E-state index is 13.2. The molecule has 0 fully saturated rings. The van der Waals surface area contributed by atoms with Crippen LogP contribution in [0.2, 0.25) is 0 Å². The van der Waals surface area contributed by atoms with Gasteiger partial charge in [-0.1, -0.05) is 6.07 Å². The van der Waals surface area contributed by atoms with Gasteiger partial charge in [-0.3, -0.25) is 4.79 Å². The van der Waals surface area contributed by atoms with Crippen LogP contribution in [0.25, 0.3) is 0 Å². The number of nitrogens with zero attached hydrogens (tertiary/aromatic N) is 1. The van der Waals surface area contributed by atoms with E-state index in [0.29, 0.717) is 5.56 Å². The third kappa shape index (κ3) is 3.07. The highest BCUT2D eigenvalue weighted by atomic mass is 19.1. The summed E-state index contributed by atoms with van der Waals surface area (Å²) in [5.74, 6) is -0.948. The molecule has 0 aliphatic heterocycles. The summed E-state index contributed by atoms with van der Waals surface area (Å²) < 4.78 is 18.1. The number of hydrogen-bond donors (Lipinski definition) is 0. The highest BCUT2D eigenvalue weighted by molar-refractivity contribution is 5.80. The Morgan fingerprint density at radius 2 is 2.22 bits per heavy atom. The van der Waals surface area contributed by atoms with Crippen molar-refractivity contribution in [2.75, 3.05) is 6.61 Å². The van der Waals surface area contributed by atoms with E-state index >= 15 is 0 Å². The van der Waals surface area contributed by atoms with Crippen molar-refractivity contribution >= 4 is 5.97 Å². The molecule has 0 aliphatic carbocycles. The molecule has 0 saturated heterocycles. The van der Waals surface area contributed by atoms with Crippen molar-refractivity contribution < 1.29 is 13.9 Å². The predicted molar refractivity (Wildman–Crippen MR) is 65.2 cm³/mol. The number of rotatable bonds is 4. The summed E-state index contributed by atoms with van der Waals surface area (Å²) in [6, 6.07) is 6.30. The Labute approximate surface area is 106 Å². The van der Waals surface area contributed by atoms with E-state index < -0.39 is 11.4 Å². The van der Waals surface area contributed by atoms with E-state index in [4.69, 9.17) is 10.00 Å². The number of carbonyl (C=O) groups is 1. The zero-order valence-electron chi connectivity index (χ0n) is 10.8. The normalized spacial score (nSPS) is 13.5. The van der Waals surface area contributed by atoms with Crippen LogP contribution in [-0.4, -0.2) is 12.6 Å². The maximum atomic E-state index is 13.2. The molecule has 0 radical (unpaired) electrons. The van der Waals surface area contributed by atoms with Crippen molar-refractivity contribution in [3.63, 3.8) is 0 Å². The summed E-state index contributed by atoms with van der Waals surface area (Å²) in [5, 5.41) is 9.16. The number of hydrogen-bond acceptors (Lipinski definition) is 3. The van der Waals surface area contributed by atoms with Gasteiger partial charge in [0.2, 0.25) is 0 Å². The zero-order chi connectivity index (χ0) is 13.8. The van der Waals surface area contributed by atoms with E-state index in [1.807, 2.05) is 13.0 Å². The molecule has 1 atom stereocenters. The molecule has 18 heavy (non-hydrogen) atoms. The molecule has 1 aromatic carbocycles. The number of carbonyl (C=O) groups excluding carboxylic acids is 1. The summed E-state index contributed by atoms with van der Waals surface area (Å²) in [7, 11) is 0. The molecule has 1 unspecified atom stereocenters. The highest BCUT2D eigenvalue weighted by Crippen LogP contribution is 2.25. The number of halogens is 1. The van der Waals surface area contributed by atoms with Crippen molar-refractivity contribution in [3.8, 4) is 6.07 Å². The van der Waals surface area contributed by atoms with Crippen LogP contribution in [0.1, 0.15) is 25.0 Å². The average molecular weight is 249 g/mol. The number of ether oxygens (including phenoxy) is 1. The molecule has 0 bridgehead atoms. The Kier molecular flexibility index (Phi) is 4.43. The topological polar surface area (TPSA) is 50.1 Å². The van der Waals surface area contributed by atoms with Crippen LogP contribution in [0.4, 0.5) is 4.39 Å². The Balaban J connectivity index is 3.02. The van der Waals surface area contributed by atoms with Gasteiger partial charge < -0.3 is 4.74 Å².